The summed E-state index contributed by atoms with van der Waals surface area (Å²) in [6.45, 7) is 7.08. The fraction of sp³-hybridized carbons (Fsp3) is 0.0562. The number of benzene rings is 14. The summed E-state index contributed by atoms with van der Waals surface area (Å²) < 4.78 is 0. The fourth-order valence-corrected chi connectivity index (χ4v) is 17.0. The molecule has 1 unspecified atom stereocenters. The van der Waals surface area contributed by atoms with Crippen LogP contribution in [0.15, 0.2) is 340 Å². The lowest BCUT2D eigenvalue weighted by atomic mass is 9.72. The summed E-state index contributed by atoms with van der Waals surface area (Å²) in [7, 11) is -1.30. The van der Waals surface area contributed by atoms with Gasteiger partial charge >= 0.3 is 0 Å². The molecule has 0 amide bonds. The molecular formula is C89H66ClN2Si. The summed E-state index contributed by atoms with van der Waals surface area (Å²) in [4.78, 5) is 5.26. The molecule has 2 nitrogen and oxygen atoms in total. The van der Waals surface area contributed by atoms with Crippen LogP contribution in [0.2, 0.25) is 5.02 Å². The second-order valence-electron chi connectivity index (χ2n) is 25.5. The van der Waals surface area contributed by atoms with Crippen molar-refractivity contribution >= 4 is 70.1 Å². The molecular weight excluding hydrogens is 1160 g/mol. The Kier molecular flexibility index (Phi) is 14.9. The lowest BCUT2D eigenvalue weighted by Crippen LogP contribution is -2.51. The standard InChI is InChI=1S/C89H66ClN2Si/c1-89(2,3)70-57-83-86-84(58-70)92(88-78(65-36-20-8-21-37-65)55-69(61-30-14-5-15-31-61)56-79(88)66-38-22-9-23-39-66)82-59-71(90)47-50-75(82)85(86)80-52-67(62-44-48-74(49-45-62)93(72-40-24-10-25-41-72)73-42-26-11-27-43-73)46-51-81(80)91(83)87-76(63-32-16-6-17-33-63)53-68(60-28-12-4-13-29-60)54-77(87)64-34-18-7-19-35-64/h4-59,85H,1-3H3. The smallest absolute Gasteiger partial charge is 0.154 e. The Balaban J connectivity index is 1.02. The first kappa shape index (κ1) is 57.4. The number of anilines is 6. The molecule has 0 aliphatic carbocycles. The van der Waals surface area contributed by atoms with E-state index in [1.165, 1.54) is 43.4 Å². The molecule has 4 heteroatoms. The third-order valence-electron chi connectivity index (χ3n) is 18.7. The van der Waals surface area contributed by atoms with Crippen LogP contribution in [0.5, 0.6) is 0 Å². The molecule has 16 rings (SSSR count). The van der Waals surface area contributed by atoms with Crippen molar-refractivity contribution in [1.82, 2.24) is 0 Å². The van der Waals surface area contributed by atoms with Crippen molar-refractivity contribution in [3.63, 3.8) is 0 Å². The van der Waals surface area contributed by atoms with Crippen molar-refractivity contribution < 1.29 is 0 Å². The van der Waals surface area contributed by atoms with Crippen LogP contribution in [0.1, 0.15) is 48.9 Å². The zero-order valence-corrected chi connectivity index (χ0v) is 53.9. The van der Waals surface area contributed by atoms with Crippen LogP contribution < -0.4 is 25.4 Å². The van der Waals surface area contributed by atoms with Crippen molar-refractivity contribution in [2.75, 3.05) is 9.80 Å². The zero-order chi connectivity index (χ0) is 62.6. The first-order chi connectivity index (χ1) is 45.7. The number of nitrogens with zero attached hydrogens (tertiary/aromatic N) is 2. The zero-order valence-electron chi connectivity index (χ0n) is 52.2. The lowest BCUT2D eigenvalue weighted by molar-refractivity contribution is 0.590. The van der Waals surface area contributed by atoms with Gasteiger partial charge in [-0.2, -0.15) is 0 Å². The summed E-state index contributed by atoms with van der Waals surface area (Å²) in [6, 6.07) is 126. The maximum absolute atomic E-state index is 7.51. The fourth-order valence-electron chi connectivity index (χ4n) is 14.3. The second kappa shape index (κ2) is 24.1. The van der Waals surface area contributed by atoms with Crippen LogP contribution in [0.3, 0.4) is 0 Å². The number of halogens is 1. The van der Waals surface area contributed by atoms with Crippen molar-refractivity contribution in [2.45, 2.75) is 32.1 Å². The van der Waals surface area contributed by atoms with Gasteiger partial charge in [-0.25, -0.2) is 0 Å². The van der Waals surface area contributed by atoms with E-state index in [4.69, 9.17) is 11.6 Å². The van der Waals surface area contributed by atoms with E-state index < -0.39 is 8.80 Å². The van der Waals surface area contributed by atoms with E-state index in [-0.39, 0.29) is 11.3 Å². The first-order valence-corrected chi connectivity index (χ1v) is 34.1. The van der Waals surface area contributed by atoms with Crippen molar-refractivity contribution in [3.05, 3.63) is 367 Å². The van der Waals surface area contributed by atoms with Crippen LogP contribution in [-0.2, 0) is 5.41 Å². The number of rotatable bonds is 12. The summed E-state index contributed by atoms with van der Waals surface area (Å²) >= 11 is 7.51. The minimum atomic E-state index is -1.30. The van der Waals surface area contributed by atoms with Crippen LogP contribution in [0.25, 0.3) is 77.9 Å². The summed E-state index contributed by atoms with van der Waals surface area (Å²) in [6.07, 6.45) is 0. The number of fused-ring (bicyclic) bond motifs is 4. The lowest BCUT2D eigenvalue weighted by Gasteiger charge is -2.47. The highest BCUT2D eigenvalue weighted by atomic mass is 35.5. The molecule has 2 aliphatic heterocycles. The van der Waals surface area contributed by atoms with Crippen LogP contribution in [0.4, 0.5) is 34.1 Å². The quantitative estimate of drug-likeness (QED) is 0.0889. The highest BCUT2D eigenvalue weighted by Crippen LogP contribution is 2.65. The molecule has 0 N–H and O–H groups in total. The average molecular weight is 1230 g/mol. The van der Waals surface area contributed by atoms with Gasteiger partial charge in [-0.3, -0.25) is 0 Å². The minimum absolute atomic E-state index is 0.225. The molecule has 1 radical (unpaired) electrons. The van der Waals surface area contributed by atoms with E-state index in [1.807, 2.05) is 0 Å². The monoisotopic (exact) mass is 1230 g/mol. The van der Waals surface area contributed by atoms with Crippen molar-refractivity contribution in [2.24, 2.45) is 0 Å². The predicted molar refractivity (Wildman–Crippen MR) is 396 cm³/mol. The van der Waals surface area contributed by atoms with Gasteiger partial charge in [-0.05, 0) is 138 Å². The number of hydrogen-bond acceptors (Lipinski definition) is 2. The SMILES string of the molecule is CC(C)(C)c1cc2c3c(c1)N(c1c(-c4ccccc4)cc(-c4ccccc4)cc1-c1ccccc1)c1cc(Cl)ccc1C3c1cc(-c3ccc([Si](c4ccccc4)c4ccccc4)cc3)ccc1N2c1c(-c2ccccc2)cc(-c2ccccc2)cc1-c1ccccc1. The predicted octanol–water partition coefficient (Wildman–Crippen LogP) is 22.6. The molecule has 0 spiro atoms. The van der Waals surface area contributed by atoms with Gasteiger partial charge in [0, 0.05) is 38.8 Å². The number of hydrogen-bond donors (Lipinski definition) is 0. The van der Waals surface area contributed by atoms with Crippen LogP contribution in [0, 0.1) is 0 Å². The summed E-state index contributed by atoms with van der Waals surface area (Å²) in [5.41, 5.74) is 27.1. The summed E-state index contributed by atoms with van der Waals surface area (Å²) in [5.74, 6) is -0.225. The molecule has 0 saturated heterocycles. The Morgan fingerprint density at radius 2 is 0.624 bits per heavy atom. The van der Waals surface area contributed by atoms with Crippen molar-refractivity contribution in [1.29, 1.82) is 0 Å². The second-order valence-corrected chi connectivity index (χ2v) is 28.4. The van der Waals surface area contributed by atoms with Gasteiger partial charge in [-0.15, -0.1) is 0 Å². The van der Waals surface area contributed by atoms with E-state index in [2.05, 4.69) is 370 Å². The largest absolute Gasteiger partial charge is 0.309 e. The molecule has 443 valence electrons. The van der Waals surface area contributed by atoms with Gasteiger partial charge in [0.25, 0.3) is 0 Å². The molecule has 2 heterocycles. The van der Waals surface area contributed by atoms with Gasteiger partial charge in [0.2, 0.25) is 0 Å². The molecule has 0 fully saturated rings. The van der Waals surface area contributed by atoms with E-state index >= 15 is 0 Å². The normalized spacial score (nSPS) is 13.1. The molecule has 14 aromatic carbocycles. The molecule has 0 bridgehead atoms. The first-order valence-electron chi connectivity index (χ1n) is 32.2. The van der Waals surface area contributed by atoms with E-state index in [9.17, 15) is 0 Å². The van der Waals surface area contributed by atoms with E-state index in [0.717, 1.165) is 106 Å². The Hall–Kier alpha value is -10.8. The van der Waals surface area contributed by atoms with E-state index in [1.54, 1.807) is 0 Å². The van der Waals surface area contributed by atoms with Gasteiger partial charge < -0.3 is 9.80 Å². The molecule has 1 atom stereocenters. The van der Waals surface area contributed by atoms with Crippen LogP contribution in [-0.4, -0.2) is 8.80 Å². The Labute approximate surface area is 553 Å². The third kappa shape index (κ3) is 10.6. The van der Waals surface area contributed by atoms with Gasteiger partial charge in [0.05, 0.1) is 34.1 Å². The van der Waals surface area contributed by atoms with Gasteiger partial charge in [0.1, 0.15) is 0 Å². The van der Waals surface area contributed by atoms with E-state index in [0.29, 0.717) is 5.02 Å². The van der Waals surface area contributed by atoms with Crippen molar-refractivity contribution in [3.8, 4) is 77.9 Å². The topological polar surface area (TPSA) is 6.48 Å². The highest BCUT2D eigenvalue weighted by molar-refractivity contribution is 6.95. The maximum atomic E-state index is 7.51. The highest BCUT2D eigenvalue weighted by Gasteiger charge is 2.44. The Morgan fingerprint density at radius 1 is 0.280 bits per heavy atom. The Bertz CT molecular complexity index is 4880. The minimum Gasteiger partial charge on any atom is -0.309 e. The average Bonchev–Trinajstić information content (AvgIpc) is 0.689. The van der Waals surface area contributed by atoms with Gasteiger partial charge in [0.15, 0.2) is 8.80 Å². The Morgan fingerprint density at radius 3 is 1.02 bits per heavy atom. The molecule has 0 aromatic heterocycles. The molecule has 0 saturated carbocycles. The maximum Gasteiger partial charge on any atom is 0.154 e. The third-order valence-corrected chi connectivity index (χ3v) is 21.7. The molecule has 14 aromatic rings. The van der Waals surface area contributed by atoms with Gasteiger partial charge in [-0.1, -0.05) is 327 Å². The molecule has 93 heavy (non-hydrogen) atoms. The molecule has 2 aliphatic rings. The summed E-state index contributed by atoms with van der Waals surface area (Å²) in [5, 5.41) is 4.75. The van der Waals surface area contributed by atoms with Crippen LogP contribution >= 0.6 is 11.6 Å².